The standard InChI is InChI=1S/C12H24N6/c1-6-12(7-2,8-3)17-10-14-9(13)15-11(16-10)18(4)5/h6-8H2,1-5H3,(H3,13,14,15,16,17). The topological polar surface area (TPSA) is 80.0 Å². The molecule has 3 N–H and O–H groups in total. The Morgan fingerprint density at radius 2 is 1.61 bits per heavy atom. The Morgan fingerprint density at radius 3 is 2.06 bits per heavy atom. The molecule has 102 valence electrons. The fourth-order valence-electron chi connectivity index (χ4n) is 1.89. The third-order valence-electron chi connectivity index (χ3n) is 3.45. The molecule has 6 heteroatoms. The zero-order valence-corrected chi connectivity index (χ0v) is 12.0. The number of hydrogen-bond acceptors (Lipinski definition) is 6. The maximum absolute atomic E-state index is 5.71. The van der Waals surface area contributed by atoms with Crippen LogP contribution < -0.4 is 16.0 Å². The van der Waals surface area contributed by atoms with Gasteiger partial charge in [-0.3, -0.25) is 0 Å². The first-order valence-corrected chi connectivity index (χ1v) is 6.43. The van der Waals surface area contributed by atoms with E-state index < -0.39 is 0 Å². The van der Waals surface area contributed by atoms with E-state index in [0.29, 0.717) is 11.9 Å². The summed E-state index contributed by atoms with van der Waals surface area (Å²) in [4.78, 5) is 14.4. The van der Waals surface area contributed by atoms with Crippen molar-refractivity contribution in [1.29, 1.82) is 0 Å². The van der Waals surface area contributed by atoms with Gasteiger partial charge in [-0.1, -0.05) is 20.8 Å². The Bertz CT molecular complexity index is 378. The first-order valence-electron chi connectivity index (χ1n) is 6.43. The maximum atomic E-state index is 5.71. The highest BCUT2D eigenvalue weighted by atomic mass is 15.3. The summed E-state index contributed by atoms with van der Waals surface area (Å²) in [5.41, 5.74) is 5.74. The quantitative estimate of drug-likeness (QED) is 0.805. The van der Waals surface area contributed by atoms with Crippen LogP contribution in [0.4, 0.5) is 17.8 Å². The van der Waals surface area contributed by atoms with Crippen molar-refractivity contribution in [3.8, 4) is 0 Å². The van der Waals surface area contributed by atoms with Crippen molar-refractivity contribution in [3.05, 3.63) is 0 Å². The molecule has 1 aromatic heterocycles. The monoisotopic (exact) mass is 252 g/mol. The van der Waals surface area contributed by atoms with Crippen LogP contribution in [0.3, 0.4) is 0 Å². The lowest BCUT2D eigenvalue weighted by Crippen LogP contribution is -2.37. The van der Waals surface area contributed by atoms with Crippen molar-refractivity contribution < 1.29 is 0 Å². The molecule has 0 radical (unpaired) electrons. The van der Waals surface area contributed by atoms with Gasteiger partial charge in [0.1, 0.15) is 0 Å². The molecule has 0 atom stereocenters. The Morgan fingerprint density at radius 1 is 1.06 bits per heavy atom. The molecule has 0 spiro atoms. The molecule has 0 saturated heterocycles. The van der Waals surface area contributed by atoms with Gasteiger partial charge in [0.2, 0.25) is 17.8 Å². The van der Waals surface area contributed by atoms with Gasteiger partial charge in [-0.25, -0.2) is 0 Å². The molecule has 1 rings (SSSR count). The highest BCUT2D eigenvalue weighted by Crippen LogP contribution is 2.24. The molecule has 0 unspecified atom stereocenters. The second-order valence-electron chi connectivity index (χ2n) is 4.68. The fourth-order valence-corrected chi connectivity index (χ4v) is 1.89. The van der Waals surface area contributed by atoms with Crippen LogP contribution in [-0.4, -0.2) is 34.6 Å². The van der Waals surface area contributed by atoms with E-state index in [2.05, 4.69) is 41.0 Å². The lowest BCUT2D eigenvalue weighted by molar-refractivity contribution is 0.417. The van der Waals surface area contributed by atoms with E-state index in [0.717, 1.165) is 19.3 Å². The maximum Gasteiger partial charge on any atom is 0.231 e. The van der Waals surface area contributed by atoms with Crippen LogP contribution >= 0.6 is 0 Å². The van der Waals surface area contributed by atoms with Crippen molar-refractivity contribution in [2.24, 2.45) is 0 Å². The van der Waals surface area contributed by atoms with Gasteiger partial charge >= 0.3 is 0 Å². The lowest BCUT2D eigenvalue weighted by atomic mass is 9.90. The molecule has 0 aliphatic rings. The summed E-state index contributed by atoms with van der Waals surface area (Å²) in [7, 11) is 3.76. The van der Waals surface area contributed by atoms with Crippen molar-refractivity contribution in [1.82, 2.24) is 15.0 Å². The average Bonchev–Trinajstić information content (AvgIpc) is 2.35. The average molecular weight is 252 g/mol. The van der Waals surface area contributed by atoms with Crippen LogP contribution in [0.2, 0.25) is 0 Å². The molecule has 1 aromatic rings. The van der Waals surface area contributed by atoms with Gasteiger partial charge in [0.05, 0.1) is 0 Å². The summed E-state index contributed by atoms with van der Waals surface area (Å²) in [6, 6.07) is 0. The van der Waals surface area contributed by atoms with E-state index in [4.69, 9.17) is 5.73 Å². The van der Waals surface area contributed by atoms with Crippen molar-refractivity contribution >= 4 is 17.8 Å². The molecular formula is C12H24N6. The van der Waals surface area contributed by atoms with E-state index in [1.54, 1.807) is 0 Å². The molecule has 0 saturated carbocycles. The third kappa shape index (κ3) is 3.21. The second-order valence-corrected chi connectivity index (χ2v) is 4.68. The van der Waals surface area contributed by atoms with E-state index in [-0.39, 0.29) is 11.5 Å². The third-order valence-corrected chi connectivity index (χ3v) is 3.45. The Labute approximate surface area is 109 Å². The van der Waals surface area contributed by atoms with Crippen LogP contribution in [0.25, 0.3) is 0 Å². The Balaban J connectivity index is 3.03. The number of aromatic nitrogens is 3. The number of rotatable bonds is 6. The van der Waals surface area contributed by atoms with E-state index in [9.17, 15) is 0 Å². The number of nitrogens with zero attached hydrogens (tertiary/aromatic N) is 4. The summed E-state index contributed by atoms with van der Waals surface area (Å²) in [6.45, 7) is 6.49. The minimum absolute atomic E-state index is 0.0252. The number of anilines is 3. The smallest absolute Gasteiger partial charge is 0.231 e. The molecule has 1 heterocycles. The van der Waals surface area contributed by atoms with E-state index >= 15 is 0 Å². The molecule has 0 aliphatic carbocycles. The predicted molar refractivity (Wildman–Crippen MR) is 75.8 cm³/mol. The molecule has 0 aliphatic heterocycles. The van der Waals surface area contributed by atoms with Gasteiger partial charge in [-0.2, -0.15) is 15.0 Å². The Kier molecular flexibility index (Phi) is 4.69. The molecule has 0 aromatic carbocycles. The van der Waals surface area contributed by atoms with E-state index in [1.807, 2.05) is 19.0 Å². The summed E-state index contributed by atoms with van der Waals surface area (Å²) in [5.74, 6) is 1.37. The van der Waals surface area contributed by atoms with Gasteiger partial charge in [0, 0.05) is 19.6 Å². The lowest BCUT2D eigenvalue weighted by Gasteiger charge is -2.31. The first-order chi connectivity index (χ1) is 8.46. The largest absolute Gasteiger partial charge is 0.368 e. The number of nitrogens with two attached hydrogens (primary N) is 1. The second kappa shape index (κ2) is 5.84. The van der Waals surface area contributed by atoms with Crippen LogP contribution in [0, 0.1) is 0 Å². The fraction of sp³-hybridized carbons (Fsp3) is 0.750. The van der Waals surface area contributed by atoms with Gasteiger partial charge in [0.25, 0.3) is 0 Å². The van der Waals surface area contributed by atoms with E-state index in [1.165, 1.54) is 0 Å². The predicted octanol–water partition coefficient (Wildman–Crippen LogP) is 1.90. The summed E-state index contributed by atoms with van der Waals surface area (Å²) >= 11 is 0. The summed E-state index contributed by atoms with van der Waals surface area (Å²) in [5, 5.41) is 3.41. The van der Waals surface area contributed by atoms with Crippen molar-refractivity contribution in [2.75, 3.05) is 30.0 Å². The van der Waals surface area contributed by atoms with Gasteiger partial charge in [-0.05, 0) is 19.3 Å². The number of nitrogens with one attached hydrogen (secondary N) is 1. The highest BCUT2D eigenvalue weighted by Gasteiger charge is 2.25. The van der Waals surface area contributed by atoms with Gasteiger partial charge in [0.15, 0.2) is 0 Å². The van der Waals surface area contributed by atoms with Crippen LogP contribution in [0.5, 0.6) is 0 Å². The van der Waals surface area contributed by atoms with Crippen molar-refractivity contribution in [3.63, 3.8) is 0 Å². The molecule has 0 bridgehead atoms. The normalized spacial score (nSPS) is 11.4. The molecule has 6 nitrogen and oxygen atoms in total. The SMILES string of the molecule is CCC(CC)(CC)Nc1nc(N)nc(N(C)C)n1. The number of nitrogen functional groups attached to an aromatic ring is 1. The van der Waals surface area contributed by atoms with Crippen LogP contribution in [-0.2, 0) is 0 Å². The molecular weight excluding hydrogens is 228 g/mol. The summed E-state index contributed by atoms with van der Waals surface area (Å²) < 4.78 is 0. The minimum Gasteiger partial charge on any atom is -0.368 e. The zero-order valence-electron chi connectivity index (χ0n) is 12.0. The minimum atomic E-state index is 0.0252. The molecule has 0 amide bonds. The van der Waals surface area contributed by atoms with Crippen LogP contribution in [0.1, 0.15) is 40.0 Å². The molecule has 0 fully saturated rings. The molecule has 18 heavy (non-hydrogen) atoms. The zero-order chi connectivity index (χ0) is 13.8. The summed E-state index contributed by atoms with van der Waals surface area (Å²) in [6.07, 6.45) is 3.05. The number of hydrogen-bond donors (Lipinski definition) is 2. The van der Waals surface area contributed by atoms with Gasteiger partial charge < -0.3 is 16.0 Å². The van der Waals surface area contributed by atoms with Crippen LogP contribution in [0.15, 0.2) is 0 Å². The van der Waals surface area contributed by atoms with Crippen molar-refractivity contribution in [2.45, 2.75) is 45.6 Å². The highest BCUT2D eigenvalue weighted by molar-refractivity contribution is 5.42. The first kappa shape index (κ1) is 14.5. The Hall–Kier alpha value is -1.59. The van der Waals surface area contributed by atoms with Gasteiger partial charge in [-0.15, -0.1) is 0 Å².